The highest BCUT2D eigenvalue weighted by Gasteiger charge is 2.21. The van der Waals surface area contributed by atoms with Gasteiger partial charge in [-0.2, -0.15) is 5.10 Å². The van der Waals surface area contributed by atoms with Crippen molar-refractivity contribution in [1.29, 1.82) is 0 Å². The van der Waals surface area contributed by atoms with Gasteiger partial charge in [0.2, 0.25) is 5.91 Å². The molecule has 0 unspecified atom stereocenters. The molecule has 1 aromatic carbocycles. The fourth-order valence-electron chi connectivity index (χ4n) is 3.12. The maximum absolute atomic E-state index is 12.5. The molecule has 1 aliphatic heterocycles. The van der Waals surface area contributed by atoms with Crippen molar-refractivity contribution in [1.82, 2.24) is 25.0 Å². The Kier molecular flexibility index (Phi) is 6.06. The maximum Gasteiger partial charge on any atom is 0.222 e. The van der Waals surface area contributed by atoms with Gasteiger partial charge in [-0.05, 0) is 24.1 Å². The number of amides is 1. The molecule has 2 aromatic rings. The van der Waals surface area contributed by atoms with Crippen LogP contribution in [0.1, 0.15) is 17.8 Å². The van der Waals surface area contributed by atoms with Crippen molar-refractivity contribution in [2.24, 2.45) is 0 Å². The fraction of sp³-hybridized carbons (Fsp3) is 0.500. The van der Waals surface area contributed by atoms with Crippen LogP contribution in [0, 0.1) is 0 Å². The molecule has 0 radical (unpaired) electrons. The first-order valence-electron chi connectivity index (χ1n) is 8.75. The van der Waals surface area contributed by atoms with Crippen LogP contribution in [-0.2, 0) is 17.8 Å². The molecule has 8 nitrogen and oxygen atoms in total. The van der Waals surface area contributed by atoms with Gasteiger partial charge in [-0.3, -0.25) is 14.8 Å². The van der Waals surface area contributed by atoms with Gasteiger partial charge in [-0.25, -0.2) is 4.98 Å². The van der Waals surface area contributed by atoms with E-state index in [2.05, 4.69) is 20.1 Å². The van der Waals surface area contributed by atoms with E-state index in [0.717, 1.165) is 44.1 Å². The van der Waals surface area contributed by atoms with Crippen LogP contribution in [0.5, 0.6) is 11.5 Å². The topological polar surface area (TPSA) is 83.6 Å². The zero-order valence-electron chi connectivity index (χ0n) is 15.3. The Morgan fingerprint density at radius 3 is 2.58 bits per heavy atom. The van der Waals surface area contributed by atoms with Crippen LogP contribution < -0.4 is 9.47 Å². The summed E-state index contributed by atoms with van der Waals surface area (Å²) in [7, 11) is 3.23. The number of aromatic nitrogens is 3. The number of hydrogen-bond donors (Lipinski definition) is 1. The number of carbonyl (C=O) groups is 1. The summed E-state index contributed by atoms with van der Waals surface area (Å²) >= 11 is 0. The average Bonchev–Trinajstić information content (AvgIpc) is 3.19. The molecular weight excluding hydrogens is 334 g/mol. The smallest absolute Gasteiger partial charge is 0.222 e. The molecule has 0 atom stereocenters. The van der Waals surface area contributed by atoms with Crippen molar-refractivity contribution in [3.05, 3.63) is 35.9 Å². The summed E-state index contributed by atoms with van der Waals surface area (Å²) in [5.41, 5.74) is 1.07. The third-order valence-electron chi connectivity index (χ3n) is 4.64. The summed E-state index contributed by atoms with van der Waals surface area (Å²) in [6.07, 6.45) is 2.71. The number of ether oxygens (including phenoxy) is 2. The fourth-order valence-corrected chi connectivity index (χ4v) is 3.12. The third kappa shape index (κ3) is 4.51. The predicted octanol–water partition coefficient (Wildman–Crippen LogP) is 1.10. The zero-order valence-corrected chi connectivity index (χ0v) is 15.3. The molecule has 3 rings (SSSR count). The number of H-pyrrole nitrogens is 1. The number of methoxy groups -OCH3 is 2. The highest BCUT2D eigenvalue weighted by Crippen LogP contribution is 2.28. The van der Waals surface area contributed by atoms with Gasteiger partial charge in [0.25, 0.3) is 0 Å². The Labute approximate surface area is 153 Å². The molecular formula is C18H25N5O3. The van der Waals surface area contributed by atoms with E-state index in [0.29, 0.717) is 24.3 Å². The number of aryl methyl sites for hydroxylation is 1. The molecule has 0 bridgehead atoms. The Morgan fingerprint density at radius 1 is 1.15 bits per heavy atom. The molecule has 26 heavy (non-hydrogen) atoms. The van der Waals surface area contributed by atoms with Crippen LogP contribution in [0.25, 0.3) is 0 Å². The number of aromatic amines is 1. The van der Waals surface area contributed by atoms with Crippen LogP contribution >= 0.6 is 0 Å². The number of nitrogens with one attached hydrogen (secondary N) is 1. The number of rotatable bonds is 7. The first-order chi connectivity index (χ1) is 12.7. The van der Waals surface area contributed by atoms with Crippen LogP contribution in [0.15, 0.2) is 24.5 Å². The van der Waals surface area contributed by atoms with Crippen molar-refractivity contribution >= 4 is 5.91 Å². The minimum absolute atomic E-state index is 0.194. The summed E-state index contributed by atoms with van der Waals surface area (Å²) in [5, 5.41) is 6.73. The Morgan fingerprint density at radius 2 is 1.92 bits per heavy atom. The molecule has 1 saturated heterocycles. The second kappa shape index (κ2) is 8.66. The molecule has 0 spiro atoms. The zero-order chi connectivity index (χ0) is 18.4. The van der Waals surface area contributed by atoms with Gasteiger partial charge in [0.15, 0.2) is 11.5 Å². The van der Waals surface area contributed by atoms with Crippen LogP contribution in [0.3, 0.4) is 0 Å². The van der Waals surface area contributed by atoms with E-state index in [4.69, 9.17) is 9.47 Å². The van der Waals surface area contributed by atoms with Crippen molar-refractivity contribution in [3.8, 4) is 11.5 Å². The Balaban J connectivity index is 1.46. The SMILES string of the molecule is COc1ccc(CCC(=O)N2CCN(Cc3ncn[nH]3)CC2)cc1OC. The maximum atomic E-state index is 12.5. The summed E-state index contributed by atoms with van der Waals surface area (Å²) in [6.45, 7) is 3.94. The van der Waals surface area contributed by atoms with Crippen molar-refractivity contribution in [3.63, 3.8) is 0 Å². The van der Waals surface area contributed by atoms with E-state index in [1.807, 2.05) is 23.1 Å². The van der Waals surface area contributed by atoms with E-state index < -0.39 is 0 Å². The Hall–Kier alpha value is -2.61. The van der Waals surface area contributed by atoms with E-state index in [9.17, 15) is 4.79 Å². The monoisotopic (exact) mass is 359 g/mol. The standard InChI is InChI=1S/C18H25N5O3/c1-25-15-5-3-14(11-16(15)26-2)4-6-18(24)23-9-7-22(8-10-23)12-17-19-13-20-21-17/h3,5,11,13H,4,6-10,12H2,1-2H3,(H,19,20,21). The van der Waals surface area contributed by atoms with E-state index in [-0.39, 0.29) is 5.91 Å². The van der Waals surface area contributed by atoms with E-state index in [1.165, 1.54) is 6.33 Å². The third-order valence-corrected chi connectivity index (χ3v) is 4.64. The van der Waals surface area contributed by atoms with Gasteiger partial charge in [0.05, 0.1) is 20.8 Å². The molecule has 0 saturated carbocycles. The van der Waals surface area contributed by atoms with Crippen molar-refractivity contribution in [2.75, 3.05) is 40.4 Å². The van der Waals surface area contributed by atoms with Crippen LogP contribution in [0.2, 0.25) is 0 Å². The van der Waals surface area contributed by atoms with E-state index in [1.54, 1.807) is 14.2 Å². The summed E-state index contributed by atoms with van der Waals surface area (Å²) in [5.74, 6) is 2.45. The number of hydrogen-bond acceptors (Lipinski definition) is 6. The lowest BCUT2D eigenvalue weighted by atomic mass is 10.1. The summed E-state index contributed by atoms with van der Waals surface area (Å²) in [4.78, 5) is 20.9. The second-order valence-corrected chi connectivity index (χ2v) is 6.28. The lowest BCUT2D eigenvalue weighted by molar-refractivity contribution is -0.133. The summed E-state index contributed by atoms with van der Waals surface area (Å²) < 4.78 is 10.6. The van der Waals surface area contributed by atoms with E-state index >= 15 is 0 Å². The number of nitrogens with zero attached hydrogens (tertiary/aromatic N) is 4. The number of carbonyl (C=O) groups excluding carboxylic acids is 1. The van der Waals surface area contributed by atoms with Crippen molar-refractivity contribution in [2.45, 2.75) is 19.4 Å². The minimum atomic E-state index is 0.194. The molecule has 1 N–H and O–H groups in total. The average molecular weight is 359 g/mol. The normalized spacial score (nSPS) is 15.1. The number of benzene rings is 1. The minimum Gasteiger partial charge on any atom is -0.493 e. The van der Waals surface area contributed by atoms with Crippen LogP contribution in [-0.4, -0.2) is 71.3 Å². The first kappa shape index (κ1) is 18.2. The van der Waals surface area contributed by atoms with Gasteiger partial charge >= 0.3 is 0 Å². The molecule has 2 heterocycles. The molecule has 1 fully saturated rings. The molecule has 8 heteroatoms. The molecule has 140 valence electrons. The Bertz CT molecular complexity index is 712. The summed E-state index contributed by atoms with van der Waals surface area (Å²) in [6, 6.07) is 5.78. The predicted molar refractivity (Wildman–Crippen MR) is 96.1 cm³/mol. The lowest BCUT2D eigenvalue weighted by Crippen LogP contribution is -2.48. The van der Waals surface area contributed by atoms with Gasteiger partial charge < -0.3 is 14.4 Å². The van der Waals surface area contributed by atoms with Gasteiger partial charge in [-0.1, -0.05) is 6.07 Å². The van der Waals surface area contributed by atoms with Gasteiger partial charge in [-0.15, -0.1) is 0 Å². The molecule has 0 aliphatic carbocycles. The number of piperazine rings is 1. The largest absolute Gasteiger partial charge is 0.493 e. The van der Waals surface area contributed by atoms with Crippen molar-refractivity contribution < 1.29 is 14.3 Å². The molecule has 1 amide bonds. The first-order valence-corrected chi connectivity index (χ1v) is 8.75. The second-order valence-electron chi connectivity index (χ2n) is 6.28. The van der Waals surface area contributed by atoms with Gasteiger partial charge in [0.1, 0.15) is 12.2 Å². The van der Waals surface area contributed by atoms with Crippen LogP contribution in [0.4, 0.5) is 0 Å². The van der Waals surface area contributed by atoms with Gasteiger partial charge in [0, 0.05) is 32.6 Å². The highest BCUT2D eigenvalue weighted by atomic mass is 16.5. The molecule has 1 aromatic heterocycles. The highest BCUT2D eigenvalue weighted by molar-refractivity contribution is 5.76. The molecule has 1 aliphatic rings. The quantitative estimate of drug-likeness (QED) is 0.797. The lowest BCUT2D eigenvalue weighted by Gasteiger charge is -2.34.